The number of hydrogen-bond acceptors (Lipinski definition) is 4. The van der Waals surface area contributed by atoms with Crippen LogP contribution in [0.1, 0.15) is 78.0 Å². The third-order valence-electron chi connectivity index (χ3n) is 8.73. The molecule has 4 amide bonds. The van der Waals surface area contributed by atoms with Crippen LogP contribution in [0.4, 0.5) is 19.7 Å². The maximum atomic E-state index is 16.0. The maximum Gasteiger partial charge on any atom is 0.410 e. The largest absolute Gasteiger partial charge is 0.444 e. The lowest BCUT2D eigenvalue weighted by Crippen LogP contribution is -2.52. The highest BCUT2D eigenvalue weighted by Crippen LogP contribution is 2.60. The predicted molar refractivity (Wildman–Crippen MR) is 170 cm³/mol. The van der Waals surface area contributed by atoms with Gasteiger partial charge in [-0.05, 0) is 75.1 Å². The van der Waals surface area contributed by atoms with Crippen molar-refractivity contribution in [2.45, 2.75) is 83.9 Å². The van der Waals surface area contributed by atoms with E-state index in [-0.39, 0.29) is 46.5 Å². The normalized spacial score (nSPS) is 24.0. The highest BCUT2D eigenvalue weighted by molar-refractivity contribution is 6.31. The fraction of sp³-hybridized carbons (Fsp3) is 0.545. The van der Waals surface area contributed by atoms with Gasteiger partial charge in [-0.1, -0.05) is 62.2 Å². The van der Waals surface area contributed by atoms with Gasteiger partial charge in [0, 0.05) is 41.9 Å². The van der Waals surface area contributed by atoms with Gasteiger partial charge in [-0.3, -0.25) is 4.79 Å². The number of benzene rings is 2. The second-order valence-corrected chi connectivity index (χ2v) is 15.2. The Bertz CT molecular complexity index is 1460. The summed E-state index contributed by atoms with van der Waals surface area (Å²) < 4.78 is 21.5. The number of hydrogen-bond donors (Lipinski definition) is 2. The molecule has 3 aliphatic rings. The van der Waals surface area contributed by atoms with Gasteiger partial charge < -0.3 is 25.2 Å². The fourth-order valence-corrected chi connectivity index (χ4v) is 7.42. The molecular weight excluding hydrogens is 606 g/mol. The molecule has 2 aromatic rings. The highest BCUT2D eigenvalue weighted by Gasteiger charge is 2.65. The van der Waals surface area contributed by atoms with Gasteiger partial charge in [0.25, 0.3) is 0 Å². The van der Waals surface area contributed by atoms with Crippen molar-refractivity contribution in [1.82, 2.24) is 15.1 Å². The minimum Gasteiger partial charge on any atom is -0.444 e. The van der Waals surface area contributed by atoms with Gasteiger partial charge >= 0.3 is 12.1 Å². The molecule has 3 heterocycles. The van der Waals surface area contributed by atoms with Crippen molar-refractivity contribution in [3.05, 3.63) is 63.4 Å². The first-order valence-electron chi connectivity index (χ1n) is 15.1. The van der Waals surface area contributed by atoms with Crippen LogP contribution in [0.3, 0.4) is 0 Å². The number of urea groups is 1. The van der Waals surface area contributed by atoms with Crippen LogP contribution in [0.15, 0.2) is 36.4 Å². The van der Waals surface area contributed by atoms with E-state index in [1.807, 2.05) is 26.8 Å². The maximum absolute atomic E-state index is 16.0. The summed E-state index contributed by atoms with van der Waals surface area (Å²) in [7, 11) is 0. The molecule has 0 unspecified atom stereocenters. The van der Waals surface area contributed by atoms with Crippen molar-refractivity contribution >= 4 is 46.9 Å². The quantitative estimate of drug-likeness (QED) is 0.360. The molecule has 3 aliphatic heterocycles. The number of anilines is 1. The SMILES string of the molecule is CC(C)(C)C[C@@H]1CN(C(=O)NC2CCN(C(=O)OC(C)(C)C)CC2)[C@H](c2cccc(Cl)c2F)[C@]12C(=O)Nc1cc(Cl)ccc12. The number of nitrogens with zero attached hydrogens (tertiary/aromatic N) is 2. The van der Waals surface area contributed by atoms with Crippen molar-refractivity contribution in [3.8, 4) is 0 Å². The number of rotatable bonds is 3. The number of nitrogens with one attached hydrogen (secondary N) is 2. The topological polar surface area (TPSA) is 91.0 Å². The molecule has 0 radical (unpaired) electrons. The summed E-state index contributed by atoms with van der Waals surface area (Å²) in [4.78, 5) is 44.3. The van der Waals surface area contributed by atoms with Gasteiger partial charge in [0.2, 0.25) is 5.91 Å². The van der Waals surface area contributed by atoms with E-state index in [1.54, 1.807) is 34.1 Å². The smallest absolute Gasteiger partial charge is 0.410 e. The summed E-state index contributed by atoms with van der Waals surface area (Å²) >= 11 is 12.6. The Balaban J connectivity index is 1.51. The molecule has 0 aliphatic carbocycles. The van der Waals surface area contributed by atoms with Crippen molar-refractivity contribution in [1.29, 1.82) is 0 Å². The molecule has 0 saturated carbocycles. The van der Waals surface area contributed by atoms with E-state index in [9.17, 15) is 14.4 Å². The molecule has 44 heavy (non-hydrogen) atoms. The fourth-order valence-electron chi connectivity index (χ4n) is 7.06. The Morgan fingerprint density at radius 3 is 2.41 bits per heavy atom. The number of likely N-dealkylation sites (tertiary alicyclic amines) is 2. The average Bonchev–Trinajstić information content (AvgIpc) is 3.38. The number of halogens is 3. The van der Waals surface area contributed by atoms with Crippen LogP contribution in [-0.4, -0.2) is 59.1 Å². The van der Waals surface area contributed by atoms with Gasteiger partial charge in [-0.2, -0.15) is 0 Å². The summed E-state index contributed by atoms with van der Waals surface area (Å²) in [6.45, 7) is 12.8. The predicted octanol–water partition coefficient (Wildman–Crippen LogP) is 7.54. The molecule has 5 rings (SSSR count). The molecule has 2 saturated heterocycles. The first-order chi connectivity index (χ1) is 20.5. The number of amides is 4. The van der Waals surface area contributed by atoms with Gasteiger partial charge in [-0.25, -0.2) is 14.0 Å². The zero-order valence-corrected chi connectivity index (χ0v) is 27.6. The van der Waals surface area contributed by atoms with E-state index in [0.29, 0.717) is 48.6 Å². The summed E-state index contributed by atoms with van der Waals surface area (Å²) in [5.74, 6) is -1.30. The Morgan fingerprint density at radius 1 is 1.09 bits per heavy atom. The first-order valence-corrected chi connectivity index (χ1v) is 15.9. The number of fused-ring (bicyclic) bond motifs is 2. The summed E-state index contributed by atoms with van der Waals surface area (Å²) in [5.41, 5.74) is -0.654. The lowest BCUT2D eigenvalue weighted by molar-refractivity contribution is -0.123. The number of piperidine rings is 1. The summed E-state index contributed by atoms with van der Waals surface area (Å²) in [6, 6.07) is 8.36. The molecule has 2 N–H and O–H groups in total. The lowest BCUT2D eigenvalue weighted by Gasteiger charge is -2.39. The Kier molecular flexibility index (Phi) is 8.61. The zero-order chi connectivity index (χ0) is 32.2. The second-order valence-electron chi connectivity index (χ2n) is 14.4. The van der Waals surface area contributed by atoms with Crippen molar-refractivity contribution < 1.29 is 23.5 Å². The lowest BCUT2D eigenvalue weighted by atomic mass is 9.63. The standard InChI is InChI=1S/C33H41Cl2FN4O4/c1-31(2,3)17-19-18-40(29(42)37-21-12-14-39(15-13-21)30(43)44-32(4,5)6)27(22-8-7-9-24(35)26(22)36)33(19)23-11-10-20(34)16-25(23)38-28(33)41/h7-11,16,19,21,27H,12-15,17-18H2,1-6H3,(H,37,42)(H,38,41)/t19-,27-,33+/m1/s1. The minimum absolute atomic E-state index is 0.0819. The van der Waals surface area contributed by atoms with Crippen molar-refractivity contribution in [2.24, 2.45) is 11.3 Å². The molecule has 3 atom stereocenters. The van der Waals surface area contributed by atoms with Crippen LogP contribution in [-0.2, 0) is 14.9 Å². The average molecular weight is 648 g/mol. The van der Waals surface area contributed by atoms with E-state index in [4.69, 9.17) is 27.9 Å². The van der Waals surface area contributed by atoms with Crippen LogP contribution in [0.5, 0.6) is 0 Å². The van der Waals surface area contributed by atoms with Crippen LogP contribution in [0.2, 0.25) is 10.0 Å². The number of ether oxygens (including phenoxy) is 1. The number of carbonyl (C=O) groups excluding carboxylic acids is 3. The third kappa shape index (κ3) is 6.10. The third-order valence-corrected chi connectivity index (χ3v) is 9.25. The van der Waals surface area contributed by atoms with Crippen LogP contribution >= 0.6 is 23.2 Å². The first kappa shape index (κ1) is 32.4. The van der Waals surface area contributed by atoms with E-state index < -0.39 is 28.9 Å². The molecule has 2 aromatic carbocycles. The van der Waals surface area contributed by atoms with Gasteiger partial charge in [0.1, 0.15) is 16.8 Å². The van der Waals surface area contributed by atoms with Gasteiger partial charge in [0.05, 0.1) is 11.1 Å². The van der Waals surface area contributed by atoms with Crippen LogP contribution in [0, 0.1) is 17.2 Å². The van der Waals surface area contributed by atoms with Crippen LogP contribution in [0.25, 0.3) is 0 Å². The Labute approximate surface area is 268 Å². The van der Waals surface area contributed by atoms with E-state index in [0.717, 1.165) is 0 Å². The van der Waals surface area contributed by atoms with Gasteiger partial charge in [0.15, 0.2) is 0 Å². The molecule has 11 heteroatoms. The molecule has 2 fully saturated rings. The molecule has 0 bridgehead atoms. The summed E-state index contributed by atoms with van der Waals surface area (Å²) in [6.07, 6.45) is 1.29. The minimum atomic E-state index is -1.28. The molecule has 238 valence electrons. The second kappa shape index (κ2) is 11.7. The van der Waals surface area contributed by atoms with E-state index in [2.05, 4.69) is 31.4 Å². The number of carbonyl (C=O) groups is 3. The van der Waals surface area contributed by atoms with E-state index in [1.165, 1.54) is 6.07 Å². The van der Waals surface area contributed by atoms with E-state index >= 15 is 4.39 Å². The zero-order valence-electron chi connectivity index (χ0n) is 26.1. The van der Waals surface area contributed by atoms with Gasteiger partial charge in [-0.15, -0.1) is 0 Å². The Morgan fingerprint density at radius 2 is 1.77 bits per heavy atom. The van der Waals surface area contributed by atoms with Crippen LogP contribution < -0.4 is 10.6 Å². The van der Waals surface area contributed by atoms with Crippen molar-refractivity contribution in [3.63, 3.8) is 0 Å². The van der Waals surface area contributed by atoms with Crippen molar-refractivity contribution in [2.75, 3.05) is 25.0 Å². The molecule has 0 aromatic heterocycles. The monoisotopic (exact) mass is 646 g/mol. The highest BCUT2D eigenvalue weighted by atomic mass is 35.5. The summed E-state index contributed by atoms with van der Waals surface area (Å²) in [5, 5.41) is 6.53. The molecule has 1 spiro atoms. The molecular formula is C33H41Cl2FN4O4. The molecule has 8 nitrogen and oxygen atoms in total. The Hall–Kier alpha value is -3.04.